The molecular weight excluding hydrogens is 434 g/mol. The Morgan fingerprint density at radius 3 is 2.46 bits per heavy atom. The van der Waals surface area contributed by atoms with E-state index < -0.39 is 0 Å². The van der Waals surface area contributed by atoms with Crippen molar-refractivity contribution in [3.8, 4) is 22.9 Å². The molecule has 0 aliphatic carbocycles. The van der Waals surface area contributed by atoms with E-state index in [2.05, 4.69) is 96.2 Å². The van der Waals surface area contributed by atoms with E-state index in [1.807, 2.05) is 6.07 Å². The molecule has 0 N–H and O–H groups in total. The molecule has 1 aliphatic heterocycles. The van der Waals surface area contributed by atoms with E-state index in [1.54, 1.807) is 0 Å². The molecule has 0 amide bonds. The average Bonchev–Trinajstić information content (AvgIpc) is 3.50. The minimum absolute atomic E-state index is 0.296. The third-order valence-corrected chi connectivity index (χ3v) is 6.54. The highest BCUT2D eigenvalue weighted by Gasteiger charge is 2.18. The van der Waals surface area contributed by atoms with Crippen LogP contribution in [-0.2, 0) is 26.2 Å². The summed E-state index contributed by atoms with van der Waals surface area (Å²) in [5.41, 5.74) is 6.22. The second-order valence-corrected chi connectivity index (χ2v) is 9.21. The average molecular weight is 468 g/mol. The van der Waals surface area contributed by atoms with Crippen molar-refractivity contribution in [1.82, 2.24) is 14.5 Å². The fourth-order valence-corrected chi connectivity index (χ4v) is 4.68. The van der Waals surface area contributed by atoms with E-state index in [4.69, 9.17) is 14.5 Å². The molecule has 4 aromatic rings. The van der Waals surface area contributed by atoms with E-state index in [9.17, 15) is 0 Å². The van der Waals surface area contributed by atoms with E-state index in [1.165, 1.54) is 27.9 Å². The molecule has 0 bridgehead atoms. The van der Waals surface area contributed by atoms with Crippen molar-refractivity contribution in [2.75, 3.05) is 6.79 Å². The van der Waals surface area contributed by atoms with Gasteiger partial charge in [0.15, 0.2) is 11.5 Å². The number of imidazole rings is 1. The van der Waals surface area contributed by atoms with Crippen LogP contribution in [0.15, 0.2) is 79.0 Å². The Morgan fingerprint density at radius 1 is 0.857 bits per heavy atom. The summed E-state index contributed by atoms with van der Waals surface area (Å²) in [5.74, 6) is 2.72. The number of nitrogens with zero attached hydrogens (tertiary/aromatic N) is 3. The van der Waals surface area contributed by atoms with Gasteiger partial charge in [0.1, 0.15) is 5.82 Å². The van der Waals surface area contributed by atoms with E-state index >= 15 is 0 Å². The van der Waals surface area contributed by atoms with Crippen molar-refractivity contribution in [2.45, 2.75) is 52.9 Å². The lowest BCUT2D eigenvalue weighted by Crippen LogP contribution is -2.24. The first kappa shape index (κ1) is 23.2. The van der Waals surface area contributed by atoms with Crippen molar-refractivity contribution < 1.29 is 9.47 Å². The van der Waals surface area contributed by atoms with Crippen LogP contribution < -0.4 is 9.47 Å². The van der Waals surface area contributed by atoms with Crippen LogP contribution in [0.5, 0.6) is 11.5 Å². The zero-order valence-electron chi connectivity index (χ0n) is 20.6. The number of ether oxygens (including phenoxy) is 2. The molecule has 0 atom stereocenters. The van der Waals surface area contributed by atoms with Crippen LogP contribution in [0.4, 0.5) is 0 Å². The molecule has 0 saturated carbocycles. The normalized spacial score (nSPS) is 12.4. The highest BCUT2D eigenvalue weighted by molar-refractivity contribution is 5.60. The maximum Gasteiger partial charge on any atom is 0.231 e. The smallest absolute Gasteiger partial charge is 0.231 e. The maximum absolute atomic E-state index is 5.63. The van der Waals surface area contributed by atoms with E-state index in [0.717, 1.165) is 56.3 Å². The number of hydrogen-bond acceptors (Lipinski definition) is 4. The van der Waals surface area contributed by atoms with Gasteiger partial charge in [0, 0.05) is 31.7 Å². The van der Waals surface area contributed by atoms with Crippen LogP contribution in [-0.4, -0.2) is 21.2 Å². The Bertz CT molecular complexity index is 1270. The summed E-state index contributed by atoms with van der Waals surface area (Å²) in [6, 6.07) is 25.5. The van der Waals surface area contributed by atoms with Gasteiger partial charge in [-0.15, -0.1) is 0 Å². The predicted molar refractivity (Wildman–Crippen MR) is 139 cm³/mol. The van der Waals surface area contributed by atoms with Gasteiger partial charge in [-0.1, -0.05) is 74.0 Å². The monoisotopic (exact) mass is 467 g/mol. The van der Waals surface area contributed by atoms with Gasteiger partial charge in [-0.3, -0.25) is 4.90 Å². The van der Waals surface area contributed by atoms with Crippen LogP contribution in [0.2, 0.25) is 0 Å². The highest BCUT2D eigenvalue weighted by atomic mass is 16.7. The summed E-state index contributed by atoms with van der Waals surface area (Å²) in [5, 5.41) is 0. The third-order valence-electron chi connectivity index (χ3n) is 6.54. The van der Waals surface area contributed by atoms with Crippen molar-refractivity contribution in [2.24, 2.45) is 0 Å². The molecule has 0 saturated heterocycles. The standard InChI is InChI=1S/C30H33N3O2/c1-3-4-16-33-26(18-31-30(33)27-13-9-8-10-23(27)2)21-32(19-24-11-6-5-7-12-24)20-25-14-15-28-29(17-25)35-22-34-28/h5-15,17-18H,3-4,16,19-22H2,1-2H3. The van der Waals surface area contributed by atoms with Gasteiger partial charge in [-0.25, -0.2) is 4.98 Å². The molecule has 5 heteroatoms. The lowest BCUT2D eigenvalue weighted by atomic mass is 10.1. The Kier molecular flexibility index (Phi) is 7.15. The van der Waals surface area contributed by atoms with Crippen molar-refractivity contribution in [3.63, 3.8) is 0 Å². The number of unbranched alkanes of at least 4 members (excludes halogenated alkanes) is 1. The number of hydrogen-bond donors (Lipinski definition) is 0. The fourth-order valence-electron chi connectivity index (χ4n) is 4.68. The third kappa shape index (κ3) is 5.41. The molecule has 0 spiro atoms. The fraction of sp³-hybridized carbons (Fsp3) is 0.300. The number of aryl methyl sites for hydroxylation is 1. The Balaban J connectivity index is 1.45. The SMILES string of the molecule is CCCCn1c(CN(Cc2ccccc2)Cc2ccc3c(c2)OCO3)cnc1-c1ccccc1C. The van der Waals surface area contributed by atoms with Crippen LogP contribution in [0.3, 0.4) is 0 Å². The molecule has 0 radical (unpaired) electrons. The number of fused-ring (bicyclic) bond motifs is 1. The summed E-state index contributed by atoms with van der Waals surface area (Å²) < 4.78 is 13.6. The number of benzene rings is 3. The molecule has 1 aliphatic rings. The second kappa shape index (κ2) is 10.8. The van der Waals surface area contributed by atoms with E-state index in [0.29, 0.717) is 6.79 Å². The summed E-state index contributed by atoms with van der Waals surface area (Å²) in [4.78, 5) is 7.39. The van der Waals surface area contributed by atoms with Gasteiger partial charge in [-0.2, -0.15) is 0 Å². The van der Waals surface area contributed by atoms with Crippen LogP contribution in [0.25, 0.3) is 11.4 Å². The van der Waals surface area contributed by atoms with Crippen LogP contribution >= 0.6 is 0 Å². The minimum atomic E-state index is 0.296. The maximum atomic E-state index is 5.63. The number of aromatic nitrogens is 2. The Morgan fingerprint density at radius 2 is 1.63 bits per heavy atom. The molecule has 5 rings (SSSR count). The topological polar surface area (TPSA) is 39.5 Å². The zero-order valence-corrected chi connectivity index (χ0v) is 20.6. The quantitative estimate of drug-likeness (QED) is 0.264. The van der Waals surface area contributed by atoms with Gasteiger partial charge in [0.05, 0.1) is 11.9 Å². The van der Waals surface area contributed by atoms with Gasteiger partial charge >= 0.3 is 0 Å². The first-order valence-corrected chi connectivity index (χ1v) is 12.5. The first-order chi connectivity index (χ1) is 17.2. The summed E-state index contributed by atoms with van der Waals surface area (Å²) >= 11 is 0. The lowest BCUT2D eigenvalue weighted by molar-refractivity contribution is 0.174. The molecule has 3 aromatic carbocycles. The largest absolute Gasteiger partial charge is 0.454 e. The van der Waals surface area contributed by atoms with Crippen molar-refractivity contribution in [3.05, 3.63) is 101 Å². The second-order valence-electron chi connectivity index (χ2n) is 9.21. The van der Waals surface area contributed by atoms with Crippen LogP contribution in [0.1, 0.15) is 42.1 Å². The molecule has 2 heterocycles. The van der Waals surface area contributed by atoms with Crippen LogP contribution in [0, 0.1) is 6.92 Å². The molecule has 5 nitrogen and oxygen atoms in total. The summed E-state index contributed by atoms with van der Waals surface area (Å²) in [6.45, 7) is 8.15. The molecule has 0 fully saturated rings. The van der Waals surface area contributed by atoms with Gasteiger partial charge in [0.25, 0.3) is 0 Å². The predicted octanol–water partition coefficient (Wildman–Crippen LogP) is 6.59. The molecule has 35 heavy (non-hydrogen) atoms. The molecule has 180 valence electrons. The lowest BCUT2D eigenvalue weighted by Gasteiger charge is -2.24. The zero-order chi connectivity index (χ0) is 24.0. The summed E-state index contributed by atoms with van der Waals surface area (Å²) in [6.07, 6.45) is 4.34. The summed E-state index contributed by atoms with van der Waals surface area (Å²) in [7, 11) is 0. The van der Waals surface area contributed by atoms with Gasteiger partial charge < -0.3 is 14.0 Å². The van der Waals surface area contributed by atoms with Gasteiger partial charge in [-0.05, 0) is 42.2 Å². The molecule has 1 aromatic heterocycles. The number of rotatable bonds is 10. The Hall–Kier alpha value is -3.57. The molecule has 0 unspecified atom stereocenters. The molecular formula is C30H33N3O2. The highest BCUT2D eigenvalue weighted by Crippen LogP contribution is 2.33. The first-order valence-electron chi connectivity index (χ1n) is 12.5. The van der Waals surface area contributed by atoms with Gasteiger partial charge in [0.2, 0.25) is 6.79 Å². The van der Waals surface area contributed by atoms with Crippen molar-refractivity contribution >= 4 is 0 Å². The van der Waals surface area contributed by atoms with Crippen molar-refractivity contribution in [1.29, 1.82) is 0 Å². The Labute approximate surface area is 208 Å². The minimum Gasteiger partial charge on any atom is -0.454 e. The van der Waals surface area contributed by atoms with E-state index in [-0.39, 0.29) is 0 Å².